The van der Waals surface area contributed by atoms with Crippen molar-refractivity contribution in [3.63, 3.8) is 0 Å². The average Bonchev–Trinajstić information content (AvgIpc) is 3.02. The zero-order valence-corrected chi connectivity index (χ0v) is 17.3. The van der Waals surface area contributed by atoms with Crippen LogP contribution in [0, 0.1) is 0 Å². The number of hydrogen-bond acceptors (Lipinski definition) is 3. The van der Waals surface area contributed by atoms with Crippen molar-refractivity contribution in [2.24, 2.45) is 10.7 Å². The van der Waals surface area contributed by atoms with Crippen LogP contribution in [0.3, 0.4) is 0 Å². The van der Waals surface area contributed by atoms with Gasteiger partial charge in [-0.2, -0.15) is 5.10 Å². The van der Waals surface area contributed by atoms with Gasteiger partial charge in [0.15, 0.2) is 5.96 Å². The van der Waals surface area contributed by atoms with Gasteiger partial charge in [0, 0.05) is 29.3 Å². The first-order valence-corrected chi connectivity index (χ1v) is 8.37. The van der Waals surface area contributed by atoms with E-state index in [1.807, 2.05) is 48.3 Å². The average molecular weight is 506 g/mol. The SMILES string of the molecule is CC1CN(C(N)=NCc2cnn(-c3ccc(Br)cc3)c2)CCO1.I. The molecule has 6 nitrogen and oxygen atoms in total. The predicted molar refractivity (Wildman–Crippen MR) is 109 cm³/mol. The summed E-state index contributed by atoms with van der Waals surface area (Å²) in [6.07, 6.45) is 3.99. The molecule has 1 aliphatic heterocycles. The van der Waals surface area contributed by atoms with Gasteiger partial charge in [-0.3, -0.25) is 0 Å². The Morgan fingerprint density at radius 1 is 1.42 bits per heavy atom. The summed E-state index contributed by atoms with van der Waals surface area (Å²) in [5, 5.41) is 4.38. The fourth-order valence-electron chi connectivity index (χ4n) is 2.48. The van der Waals surface area contributed by atoms with E-state index in [-0.39, 0.29) is 30.1 Å². The van der Waals surface area contributed by atoms with Crippen LogP contribution in [0.4, 0.5) is 0 Å². The van der Waals surface area contributed by atoms with Gasteiger partial charge in [0.1, 0.15) is 0 Å². The highest BCUT2D eigenvalue weighted by Gasteiger charge is 2.17. The molecule has 0 saturated carbocycles. The summed E-state index contributed by atoms with van der Waals surface area (Å²) < 4.78 is 8.40. The minimum atomic E-state index is 0. The molecule has 1 aromatic heterocycles. The minimum absolute atomic E-state index is 0. The highest BCUT2D eigenvalue weighted by atomic mass is 127. The van der Waals surface area contributed by atoms with E-state index in [1.165, 1.54) is 0 Å². The van der Waals surface area contributed by atoms with Gasteiger partial charge in [0.05, 0.1) is 31.1 Å². The van der Waals surface area contributed by atoms with E-state index in [4.69, 9.17) is 10.5 Å². The fraction of sp³-hybridized carbons (Fsp3) is 0.375. The molecule has 0 spiro atoms. The highest BCUT2D eigenvalue weighted by molar-refractivity contribution is 14.0. The molecule has 1 aromatic carbocycles. The second-order valence-electron chi connectivity index (χ2n) is 5.57. The van der Waals surface area contributed by atoms with Gasteiger partial charge >= 0.3 is 0 Å². The third-order valence-electron chi connectivity index (χ3n) is 3.72. The first-order valence-electron chi connectivity index (χ1n) is 7.58. The van der Waals surface area contributed by atoms with Crippen molar-refractivity contribution in [1.82, 2.24) is 14.7 Å². The lowest BCUT2D eigenvalue weighted by Crippen LogP contribution is -2.47. The number of nitrogens with two attached hydrogens (primary N) is 1. The maximum atomic E-state index is 6.08. The maximum Gasteiger partial charge on any atom is 0.191 e. The minimum Gasteiger partial charge on any atom is -0.375 e. The molecule has 2 heterocycles. The molecule has 8 heteroatoms. The zero-order valence-electron chi connectivity index (χ0n) is 13.4. The summed E-state index contributed by atoms with van der Waals surface area (Å²) in [4.78, 5) is 6.54. The summed E-state index contributed by atoms with van der Waals surface area (Å²) in [5.74, 6) is 0.566. The van der Waals surface area contributed by atoms with Crippen LogP contribution in [0.25, 0.3) is 5.69 Å². The molecule has 0 radical (unpaired) electrons. The van der Waals surface area contributed by atoms with Crippen LogP contribution in [0.5, 0.6) is 0 Å². The summed E-state index contributed by atoms with van der Waals surface area (Å²) >= 11 is 3.43. The smallest absolute Gasteiger partial charge is 0.191 e. The monoisotopic (exact) mass is 505 g/mol. The van der Waals surface area contributed by atoms with Crippen LogP contribution in [0.15, 0.2) is 46.1 Å². The number of aromatic nitrogens is 2. The molecule has 0 bridgehead atoms. The Morgan fingerprint density at radius 2 is 2.17 bits per heavy atom. The Bertz CT molecular complexity index is 688. The number of nitrogens with zero attached hydrogens (tertiary/aromatic N) is 4. The number of guanidine groups is 1. The molecule has 1 saturated heterocycles. The summed E-state index contributed by atoms with van der Waals surface area (Å²) in [6, 6.07) is 8.00. The lowest BCUT2D eigenvalue weighted by Gasteiger charge is -2.31. The van der Waals surface area contributed by atoms with E-state index in [9.17, 15) is 0 Å². The number of aliphatic imine (C=N–C) groups is 1. The van der Waals surface area contributed by atoms with Crippen LogP contribution in [0.1, 0.15) is 12.5 Å². The highest BCUT2D eigenvalue weighted by Crippen LogP contribution is 2.14. The van der Waals surface area contributed by atoms with Gasteiger partial charge in [0.25, 0.3) is 0 Å². The second-order valence-corrected chi connectivity index (χ2v) is 6.49. The van der Waals surface area contributed by atoms with Gasteiger partial charge in [-0.05, 0) is 31.2 Å². The van der Waals surface area contributed by atoms with Crippen molar-refractivity contribution in [2.75, 3.05) is 19.7 Å². The fourth-order valence-corrected chi connectivity index (χ4v) is 2.74. The van der Waals surface area contributed by atoms with Crippen LogP contribution in [-0.2, 0) is 11.3 Å². The molecule has 2 N–H and O–H groups in total. The van der Waals surface area contributed by atoms with Crippen LogP contribution in [-0.4, -0.2) is 46.4 Å². The zero-order chi connectivity index (χ0) is 16.2. The van der Waals surface area contributed by atoms with Gasteiger partial charge in [-0.15, -0.1) is 24.0 Å². The van der Waals surface area contributed by atoms with E-state index in [2.05, 4.69) is 30.9 Å². The second kappa shape index (κ2) is 8.82. The number of benzene rings is 1. The predicted octanol–water partition coefficient (Wildman–Crippen LogP) is 2.79. The molecule has 0 aliphatic carbocycles. The molecule has 24 heavy (non-hydrogen) atoms. The Labute approximate surface area is 167 Å². The van der Waals surface area contributed by atoms with E-state index >= 15 is 0 Å². The molecule has 1 unspecified atom stereocenters. The van der Waals surface area contributed by atoms with Crippen molar-refractivity contribution in [2.45, 2.75) is 19.6 Å². The first-order chi connectivity index (χ1) is 11.1. The lowest BCUT2D eigenvalue weighted by molar-refractivity contribution is 0.00529. The van der Waals surface area contributed by atoms with Crippen LogP contribution < -0.4 is 5.73 Å². The van der Waals surface area contributed by atoms with Gasteiger partial charge in [0.2, 0.25) is 0 Å². The molecule has 0 amide bonds. The number of ether oxygens (including phenoxy) is 1. The third-order valence-corrected chi connectivity index (χ3v) is 4.24. The Balaban J connectivity index is 0.00000208. The molecule has 1 fully saturated rings. The molecule has 1 atom stereocenters. The molecule has 130 valence electrons. The van der Waals surface area contributed by atoms with Crippen LogP contribution >= 0.6 is 39.9 Å². The Kier molecular flexibility index (Phi) is 7.05. The normalized spacial score (nSPS) is 18.3. The molecule has 3 rings (SSSR count). The summed E-state index contributed by atoms with van der Waals surface area (Å²) in [7, 11) is 0. The first kappa shape index (κ1) is 19.2. The van der Waals surface area contributed by atoms with Gasteiger partial charge in [-0.25, -0.2) is 9.67 Å². The van der Waals surface area contributed by atoms with Gasteiger partial charge < -0.3 is 15.4 Å². The van der Waals surface area contributed by atoms with Crippen molar-refractivity contribution in [3.05, 3.63) is 46.7 Å². The van der Waals surface area contributed by atoms with E-state index in [1.54, 1.807) is 0 Å². The largest absolute Gasteiger partial charge is 0.375 e. The molecule has 2 aromatic rings. The van der Waals surface area contributed by atoms with Crippen molar-refractivity contribution in [1.29, 1.82) is 0 Å². The molecular formula is C16H21BrIN5O. The number of hydrogen-bond donors (Lipinski definition) is 1. The Morgan fingerprint density at radius 3 is 2.88 bits per heavy atom. The third kappa shape index (κ3) is 4.93. The van der Waals surface area contributed by atoms with E-state index < -0.39 is 0 Å². The lowest BCUT2D eigenvalue weighted by atomic mass is 10.3. The van der Waals surface area contributed by atoms with Crippen molar-refractivity contribution in [3.8, 4) is 5.69 Å². The quantitative estimate of drug-likeness (QED) is 0.395. The molecule has 1 aliphatic rings. The maximum absolute atomic E-state index is 6.08. The van der Waals surface area contributed by atoms with Crippen molar-refractivity contribution < 1.29 is 4.74 Å². The summed E-state index contributed by atoms with van der Waals surface area (Å²) in [6.45, 7) is 4.83. The summed E-state index contributed by atoms with van der Waals surface area (Å²) in [5.41, 5.74) is 8.12. The number of halogens is 2. The molecular weight excluding hydrogens is 485 g/mol. The topological polar surface area (TPSA) is 68.7 Å². The van der Waals surface area contributed by atoms with E-state index in [0.717, 1.165) is 28.8 Å². The standard InChI is InChI=1S/C16H20BrN5O.HI/c1-12-10-21(6-7-23-12)16(18)19-8-13-9-20-22(11-13)15-4-2-14(17)3-5-15;/h2-5,9,11-12H,6-8,10H2,1H3,(H2,18,19);1H. The van der Waals surface area contributed by atoms with E-state index in [0.29, 0.717) is 19.1 Å². The Hall–Kier alpha value is -1.13. The number of morpholine rings is 1. The van der Waals surface area contributed by atoms with Gasteiger partial charge in [-0.1, -0.05) is 15.9 Å². The number of rotatable bonds is 3. The van der Waals surface area contributed by atoms with Crippen LogP contribution in [0.2, 0.25) is 0 Å². The van der Waals surface area contributed by atoms with Crippen molar-refractivity contribution >= 4 is 45.9 Å².